The summed E-state index contributed by atoms with van der Waals surface area (Å²) in [6.45, 7) is 5.57. The van der Waals surface area contributed by atoms with Crippen LogP contribution in [0, 0.1) is 5.41 Å². The van der Waals surface area contributed by atoms with Gasteiger partial charge in [-0.1, -0.05) is 20.8 Å². The van der Waals surface area contributed by atoms with E-state index in [1.54, 1.807) is 0 Å². The molecule has 77 valence electrons. The molecular formula is C9H14O4Y. The fourth-order valence-corrected chi connectivity index (χ4v) is 0.909. The Morgan fingerprint density at radius 1 is 1.14 bits per heavy atom. The predicted molar refractivity (Wildman–Crippen MR) is 46.3 cm³/mol. The van der Waals surface area contributed by atoms with E-state index in [9.17, 15) is 14.4 Å². The van der Waals surface area contributed by atoms with E-state index in [-0.39, 0.29) is 50.3 Å². The maximum atomic E-state index is 11.1. The number of hydrogen-bond acceptors (Lipinski definition) is 3. The molecular weight excluding hydrogens is 261 g/mol. The SMILES string of the molecule is CC(C)(C)CC(=O)CC(=O)C(=O)O.[Y]. The molecule has 0 aromatic heterocycles. The summed E-state index contributed by atoms with van der Waals surface area (Å²) in [6.07, 6.45) is -0.265. The van der Waals surface area contributed by atoms with E-state index < -0.39 is 18.2 Å². The Hall–Kier alpha value is -0.0861. The number of aliphatic carboxylic acids is 1. The predicted octanol–water partition coefficient (Wildman–Crippen LogP) is 1.03. The number of carboxylic acids is 1. The van der Waals surface area contributed by atoms with Gasteiger partial charge in [-0.2, -0.15) is 0 Å². The van der Waals surface area contributed by atoms with Crippen LogP contribution in [0.15, 0.2) is 0 Å². The van der Waals surface area contributed by atoms with Crippen molar-refractivity contribution in [2.45, 2.75) is 33.6 Å². The molecule has 0 aliphatic rings. The van der Waals surface area contributed by atoms with Gasteiger partial charge in [-0.05, 0) is 5.41 Å². The zero-order valence-corrected chi connectivity index (χ0v) is 11.5. The van der Waals surface area contributed by atoms with E-state index in [4.69, 9.17) is 5.11 Å². The first-order valence-corrected chi connectivity index (χ1v) is 4.00. The van der Waals surface area contributed by atoms with Gasteiger partial charge in [0.15, 0.2) is 0 Å². The first-order chi connectivity index (χ1) is 5.72. The minimum Gasteiger partial charge on any atom is -0.475 e. The van der Waals surface area contributed by atoms with Gasteiger partial charge in [-0.15, -0.1) is 0 Å². The van der Waals surface area contributed by atoms with Crippen molar-refractivity contribution in [2.75, 3.05) is 0 Å². The van der Waals surface area contributed by atoms with E-state index in [1.807, 2.05) is 20.8 Å². The first-order valence-electron chi connectivity index (χ1n) is 4.00. The number of ketones is 2. The van der Waals surface area contributed by atoms with Gasteiger partial charge in [0.1, 0.15) is 5.78 Å². The summed E-state index contributed by atoms with van der Waals surface area (Å²) < 4.78 is 0. The first kappa shape index (κ1) is 16.3. The van der Waals surface area contributed by atoms with Crippen LogP contribution in [0.25, 0.3) is 0 Å². The molecule has 0 unspecified atom stereocenters. The molecule has 1 N–H and O–H groups in total. The number of carbonyl (C=O) groups excluding carboxylic acids is 2. The third kappa shape index (κ3) is 8.51. The quantitative estimate of drug-likeness (QED) is 0.614. The zero-order chi connectivity index (χ0) is 10.6. The Labute approximate surface area is 108 Å². The van der Waals surface area contributed by atoms with Gasteiger partial charge in [0.25, 0.3) is 0 Å². The maximum absolute atomic E-state index is 11.1. The van der Waals surface area contributed by atoms with Crippen molar-refractivity contribution in [2.24, 2.45) is 5.41 Å². The molecule has 0 amide bonds. The van der Waals surface area contributed by atoms with Crippen LogP contribution in [0.2, 0.25) is 0 Å². The molecule has 0 rings (SSSR count). The number of hydrogen-bond donors (Lipinski definition) is 1. The van der Waals surface area contributed by atoms with Gasteiger partial charge < -0.3 is 5.11 Å². The van der Waals surface area contributed by atoms with Crippen LogP contribution >= 0.6 is 0 Å². The molecule has 1 radical (unpaired) electrons. The molecule has 5 heteroatoms. The standard InChI is InChI=1S/C9H14O4.Y/c1-9(2,3)5-6(10)4-7(11)8(12)13;/h4-5H2,1-3H3,(H,12,13);. The Bertz CT molecular complexity index is 240. The van der Waals surface area contributed by atoms with Crippen molar-refractivity contribution in [1.82, 2.24) is 0 Å². The minimum atomic E-state index is -1.54. The van der Waals surface area contributed by atoms with Gasteiger partial charge in [0, 0.05) is 39.1 Å². The number of carbonyl (C=O) groups is 3. The van der Waals surface area contributed by atoms with E-state index in [0.29, 0.717) is 0 Å². The largest absolute Gasteiger partial charge is 0.475 e. The molecule has 0 aromatic rings. The van der Waals surface area contributed by atoms with Crippen LogP contribution in [-0.4, -0.2) is 22.6 Å². The van der Waals surface area contributed by atoms with Gasteiger partial charge >= 0.3 is 5.97 Å². The molecule has 0 fully saturated rings. The second kappa shape index (κ2) is 6.41. The topological polar surface area (TPSA) is 71.4 Å². The van der Waals surface area contributed by atoms with E-state index in [0.717, 1.165) is 0 Å². The fourth-order valence-electron chi connectivity index (χ4n) is 0.909. The summed E-state index contributed by atoms with van der Waals surface area (Å²) in [4.78, 5) is 31.8. The Kier molecular flexibility index (Phi) is 7.48. The summed E-state index contributed by atoms with van der Waals surface area (Å²) in [5.74, 6) is -2.89. The van der Waals surface area contributed by atoms with Gasteiger partial charge in [-0.25, -0.2) is 4.79 Å². The van der Waals surface area contributed by atoms with Crippen LogP contribution in [0.3, 0.4) is 0 Å². The molecule has 0 saturated carbocycles. The third-order valence-corrected chi connectivity index (χ3v) is 1.32. The van der Waals surface area contributed by atoms with Crippen molar-refractivity contribution < 1.29 is 52.2 Å². The normalized spacial score (nSPS) is 10.2. The molecule has 0 spiro atoms. The van der Waals surface area contributed by atoms with Crippen LogP contribution in [-0.2, 0) is 47.1 Å². The zero-order valence-electron chi connectivity index (χ0n) is 8.66. The van der Waals surface area contributed by atoms with Crippen LogP contribution in [0.1, 0.15) is 33.6 Å². The summed E-state index contributed by atoms with van der Waals surface area (Å²) in [5, 5.41) is 8.23. The summed E-state index contributed by atoms with van der Waals surface area (Å²) in [6, 6.07) is 0. The molecule has 0 aliphatic carbocycles. The average molecular weight is 275 g/mol. The number of Topliss-reactive ketones (excluding diaryl/α,β-unsaturated/α-hetero) is 2. The minimum absolute atomic E-state index is 0. The van der Waals surface area contributed by atoms with Crippen molar-refractivity contribution >= 4 is 17.5 Å². The van der Waals surface area contributed by atoms with Gasteiger partial charge in [0.05, 0.1) is 6.42 Å². The van der Waals surface area contributed by atoms with E-state index in [1.165, 1.54) is 0 Å². The van der Waals surface area contributed by atoms with Crippen LogP contribution < -0.4 is 0 Å². The summed E-state index contributed by atoms with van der Waals surface area (Å²) in [5.41, 5.74) is -0.199. The van der Waals surface area contributed by atoms with Gasteiger partial charge in [-0.3, -0.25) is 9.59 Å². The average Bonchev–Trinajstić information content (AvgIpc) is 1.81. The molecule has 4 nitrogen and oxygen atoms in total. The summed E-state index contributed by atoms with van der Waals surface area (Å²) >= 11 is 0. The molecule has 0 heterocycles. The van der Waals surface area contributed by atoms with Crippen molar-refractivity contribution in [3.05, 3.63) is 0 Å². The van der Waals surface area contributed by atoms with Crippen molar-refractivity contribution in [3.8, 4) is 0 Å². The molecule has 0 atom stereocenters. The van der Waals surface area contributed by atoms with Crippen LogP contribution in [0.4, 0.5) is 0 Å². The Morgan fingerprint density at radius 2 is 1.57 bits per heavy atom. The number of carboxylic acid groups (broad SMARTS) is 1. The molecule has 0 saturated heterocycles. The smallest absolute Gasteiger partial charge is 0.372 e. The monoisotopic (exact) mass is 275 g/mol. The van der Waals surface area contributed by atoms with E-state index in [2.05, 4.69) is 0 Å². The molecule has 0 aromatic carbocycles. The Balaban J connectivity index is 0. The molecule has 0 bridgehead atoms. The fraction of sp³-hybridized carbons (Fsp3) is 0.667. The molecule has 0 aliphatic heterocycles. The van der Waals surface area contributed by atoms with Crippen LogP contribution in [0.5, 0.6) is 0 Å². The van der Waals surface area contributed by atoms with Crippen molar-refractivity contribution in [3.63, 3.8) is 0 Å². The second-order valence-electron chi connectivity index (χ2n) is 4.18. The number of rotatable bonds is 4. The molecule has 14 heavy (non-hydrogen) atoms. The van der Waals surface area contributed by atoms with E-state index >= 15 is 0 Å². The maximum Gasteiger partial charge on any atom is 0.372 e. The third-order valence-electron chi connectivity index (χ3n) is 1.32. The Morgan fingerprint density at radius 3 is 1.86 bits per heavy atom. The second-order valence-corrected chi connectivity index (χ2v) is 4.18. The summed E-state index contributed by atoms with van der Waals surface area (Å²) in [7, 11) is 0. The van der Waals surface area contributed by atoms with Crippen molar-refractivity contribution in [1.29, 1.82) is 0 Å². The van der Waals surface area contributed by atoms with Gasteiger partial charge in [0.2, 0.25) is 5.78 Å².